The van der Waals surface area contributed by atoms with Crippen molar-refractivity contribution in [2.24, 2.45) is 17.6 Å². The Morgan fingerprint density at radius 1 is 1.11 bits per heavy atom. The van der Waals surface area contributed by atoms with Crippen molar-refractivity contribution in [1.29, 1.82) is 0 Å². The molecule has 2 unspecified atom stereocenters. The van der Waals surface area contributed by atoms with Crippen LogP contribution in [0.4, 0.5) is 5.69 Å². The number of carboxylic acids is 1. The van der Waals surface area contributed by atoms with Crippen LogP contribution < -0.4 is 11.1 Å². The lowest BCUT2D eigenvalue weighted by molar-refractivity contribution is -0.145. The molecule has 0 heterocycles. The van der Waals surface area contributed by atoms with Gasteiger partial charge in [-0.3, -0.25) is 14.4 Å². The lowest BCUT2D eigenvalue weighted by Gasteiger charge is -2.15. The number of carbonyl (C=O) groups excluding carboxylic acids is 2. The van der Waals surface area contributed by atoms with E-state index >= 15 is 0 Å². The second-order valence-electron chi connectivity index (χ2n) is 4.35. The summed E-state index contributed by atoms with van der Waals surface area (Å²) in [5, 5.41) is 11.4. The molecule has 0 aliphatic carbocycles. The van der Waals surface area contributed by atoms with Crippen molar-refractivity contribution in [2.45, 2.75) is 13.8 Å². The monoisotopic (exact) mass is 264 g/mol. The zero-order chi connectivity index (χ0) is 14.6. The number of rotatable bonds is 5. The summed E-state index contributed by atoms with van der Waals surface area (Å²) in [6, 6.07) is 6.05. The number of nitrogens with one attached hydrogen (secondary N) is 1. The summed E-state index contributed by atoms with van der Waals surface area (Å²) in [4.78, 5) is 33.5. The Kier molecular flexibility index (Phi) is 4.63. The first-order valence-corrected chi connectivity index (χ1v) is 5.76. The number of anilines is 1. The number of carboxylic acid groups (broad SMARTS) is 1. The number of hydrogen-bond donors (Lipinski definition) is 3. The van der Waals surface area contributed by atoms with Gasteiger partial charge in [0.05, 0.1) is 5.92 Å². The van der Waals surface area contributed by atoms with Crippen molar-refractivity contribution in [3.8, 4) is 0 Å². The van der Waals surface area contributed by atoms with Gasteiger partial charge in [0, 0.05) is 17.2 Å². The fourth-order valence-electron chi connectivity index (χ4n) is 1.41. The SMILES string of the molecule is CC(C(=O)O)C(C)C(=O)Nc1ccc(C(N)=O)cc1. The molecule has 1 rings (SSSR count). The predicted octanol–water partition coefficient (Wildman–Crippen LogP) is 1.08. The number of aliphatic carboxylic acids is 1. The van der Waals surface area contributed by atoms with Gasteiger partial charge in [0.15, 0.2) is 0 Å². The molecule has 0 radical (unpaired) electrons. The van der Waals surface area contributed by atoms with Crippen LogP contribution >= 0.6 is 0 Å². The largest absolute Gasteiger partial charge is 0.481 e. The van der Waals surface area contributed by atoms with Gasteiger partial charge in [-0.25, -0.2) is 0 Å². The third-order valence-electron chi connectivity index (χ3n) is 2.99. The fraction of sp³-hybridized carbons (Fsp3) is 0.308. The molecule has 6 nitrogen and oxygen atoms in total. The number of hydrogen-bond acceptors (Lipinski definition) is 3. The number of carbonyl (C=O) groups is 3. The molecule has 0 saturated heterocycles. The van der Waals surface area contributed by atoms with E-state index in [1.807, 2.05) is 0 Å². The summed E-state index contributed by atoms with van der Waals surface area (Å²) >= 11 is 0. The van der Waals surface area contributed by atoms with Crippen LogP contribution in [-0.2, 0) is 9.59 Å². The van der Waals surface area contributed by atoms with Crippen molar-refractivity contribution in [3.63, 3.8) is 0 Å². The van der Waals surface area contributed by atoms with Gasteiger partial charge in [0.2, 0.25) is 11.8 Å². The Balaban J connectivity index is 2.71. The van der Waals surface area contributed by atoms with Crippen molar-refractivity contribution >= 4 is 23.5 Å². The minimum atomic E-state index is -1.02. The topological polar surface area (TPSA) is 109 Å². The normalized spacial score (nSPS) is 13.4. The lowest BCUT2D eigenvalue weighted by Crippen LogP contribution is -2.29. The first kappa shape index (κ1) is 14.7. The summed E-state index contributed by atoms with van der Waals surface area (Å²) in [5.74, 6) is -3.39. The summed E-state index contributed by atoms with van der Waals surface area (Å²) in [6.45, 7) is 3.02. The van der Waals surface area contributed by atoms with Crippen molar-refractivity contribution in [2.75, 3.05) is 5.32 Å². The van der Waals surface area contributed by atoms with Crippen molar-refractivity contribution < 1.29 is 19.5 Å². The van der Waals surface area contributed by atoms with Gasteiger partial charge >= 0.3 is 5.97 Å². The van der Waals surface area contributed by atoms with E-state index in [1.165, 1.54) is 31.2 Å². The quantitative estimate of drug-likeness (QED) is 0.739. The van der Waals surface area contributed by atoms with E-state index in [9.17, 15) is 14.4 Å². The summed E-state index contributed by atoms with van der Waals surface area (Å²) < 4.78 is 0. The molecule has 102 valence electrons. The standard InChI is InChI=1S/C13H16N2O4/c1-7(8(2)13(18)19)12(17)15-10-5-3-9(4-6-10)11(14)16/h3-8H,1-2H3,(H2,14,16)(H,15,17)(H,18,19). The van der Waals surface area contributed by atoms with Gasteiger partial charge in [-0.1, -0.05) is 13.8 Å². The predicted molar refractivity (Wildman–Crippen MR) is 69.6 cm³/mol. The van der Waals surface area contributed by atoms with Gasteiger partial charge < -0.3 is 16.2 Å². The minimum absolute atomic E-state index is 0.338. The minimum Gasteiger partial charge on any atom is -0.481 e. The van der Waals surface area contributed by atoms with E-state index < -0.39 is 23.7 Å². The van der Waals surface area contributed by atoms with Crippen LogP contribution in [-0.4, -0.2) is 22.9 Å². The van der Waals surface area contributed by atoms with Crippen molar-refractivity contribution in [1.82, 2.24) is 0 Å². The third-order valence-corrected chi connectivity index (χ3v) is 2.99. The third kappa shape index (κ3) is 3.80. The van der Waals surface area contributed by atoms with Gasteiger partial charge in [-0.2, -0.15) is 0 Å². The highest BCUT2D eigenvalue weighted by Crippen LogP contribution is 2.15. The van der Waals surface area contributed by atoms with E-state index in [2.05, 4.69) is 5.32 Å². The molecule has 19 heavy (non-hydrogen) atoms. The Bertz CT molecular complexity index is 496. The lowest BCUT2D eigenvalue weighted by atomic mass is 9.95. The van der Waals surface area contributed by atoms with E-state index in [4.69, 9.17) is 10.8 Å². The molecule has 0 aliphatic heterocycles. The summed E-state index contributed by atoms with van der Waals surface area (Å²) in [7, 11) is 0. The van der Waals surface area contributed by atoms with Crippen molar-refractivity contribution in [3.05, 3.63) is 29.8 Å². The molecule has 0 saturated carbocycles. The smallest absolute Gasteiger partial charge is 0.307 e. The first-order chi connectivity index (χ1) is 8.82. The van der Waals surface area contributed by atoms with Gasteiger partial charge in [0.25, 0.3) is 0 Å². The molecule has 0 bridgehead atoms. The average molecular weight is 264 g/mol. The molecular formula is C13H16N2O4. The molecule has 0 fully saturated rings. The second-order valence-corrected chi connectivity index (χ2v) is 4.35. The molecule has 2 atom stereocenters. The maximum atomic E-state index is 11.8. The van der Waals surface area contributed by atoms with Gasteiger partial charge in [-0.15, -0.1) is 0 Å². The van der Waals surface area contributed by atoms with Crippen LogP contribution in [0.15, 0.2) is 24.3 Å². The maximum absolute atomic E-state index is 11.8. The van der Waals surface area contributed by atoms with E-state index in [0.717, 1.165) is 0 Å². The van der Waals surface area contributed by atoms with Crippen LogP contribution in [0.5, 0.6) is 0 Å². The molecule has 0 aromatic heterocycles. The molecule has 0 spiro atoms. The maximum Gasteiger partial charge on any atom is 0.307 e. The Morgan fingerprint density at radius 2 is 1.63 bits per heavy atom. The van der Waals surface area contributed by atoms with E-state index in [-0.39, 0.29) is 5.91 Å². The van der Waals surface area contributed by atoms with Crippen LogP contribution in [0.1, 0.15) is 24.2 Å². The van der Waals surface area contributed by atoms with Crippen LogP contribution in [0.3, 0.4) is 0 Å². The molecule has 6 heteroatoms. The highest BCUT2D eigenvalue weighted by atomic mass is 16.4. The van der Waals surface area contributed by atoms with Crippen LogP contribution in [0.2, 0.25) is 0 Å². The molecule has 0 aliphatic rings. The van der Waals surface area contributed by atoms with Crippen LogP contribution in [0.25, 0.3) is 0 Å². The molecule has 1 aromatic carbocycles. The average Bonchev–Trinajstić information content (AvgIpc) is 2.37. The van der Waals surface area contributed by atoms with E-state index in [1.54, 1.807) is 6.92 Å². The number of benzene rings is 1. The zero-order valence-electron chi connectivity index (χ0n) is 10.7. The first-order valence-electron chi connectivity index (χ1n) is 5.76. The highest BCUT2D eigenvalue weighted by Gasteiger charge is 2.25. The van der Waals surface area contributed by atoms with Crippen LogP contribution in [0, 0.1) is 11.8 Å². The molecule has 4 N–H and O–H groups in total. The fourth-order valence-corrected chi connectivity index (χ4v) is 1.41. The highest BCUT2D eigenvalue weighted by molar-refractivity contribution is 5.96. The second kappa shape index (κ2) is 5.99. The Morgan fingerprint density at radius 3 is 2.05 bits per heavy atom. The van der Waals surface area contributed by atoms with E-state index in [0.29, 0.717) is 11.3 Å². The number of nitrogens with two attached hydrogens (primary N) is 1. The Labute approximate surface area is 110 Å². The van der Waals surface area contributed by atoms with Gasteiger partial charge in [-0.05, 0) is 24.3 Å². The summed E-state index contributed by atoms with van der Waals surface area (Å²) in [5.41, 5.74) is 5.92. The zero-order valence-corrected chi connectivity index (χ0v) is 10.7. The Hall–Kier alpha value is -2.37. The van der Waals surface area contributed by atoms with Gasteiger partial charge in [0.1, 0.15) is 0 Å². The number of amides is 2. The number of primary amides is 1. The molecular weight excluding hydrogens is 248 g/mol. The molecule has 2 amide bonds. The molecule has 1 aromatic rings. The summed E-state index contributed by atoms with van der Waals surface area (Å²) in [6.07, 6.45) is 0.